The van der Waals surface area contributed by atoms with Gasteiger partial charge in [-0.25, -0.2) is 4.39 Å². The third-order valence-corrected chi connectivity index (χ3v) is 2.26. The summed E-state index contributed by atoms with van der Waals surface area (Å²) in [6.45, 7) is 6.25. The lowest BCUT2D eigenvalue weighted by Gasteiger charge is -2.23. The molecule has 0 amide bonds. The van der Waals surface area contributed by atoms with Crippen LogP contribution >= 0.6 is 0 Å². The van der Waals surface area contributed by atoms with Crippen LogP contribution < -0.4 is 5.32 Å². The van der Waals surface area contributed by atoms with Crippen LogP contribution in [0.1, 0.15) is 38.0 Å². The second-order valence-electron chi connectivity index (χ2n) is 5.03. The van der Waals surface area contributed by atoms with Crippen LogP contribution in [0.3, 0.4) is 0 Å². The van der Waals surface area contributed by atoms with Crippen molar-refractivity contribution in [3.05, 3.63) is 35.1 Å². The first-order chi connectivity index (χ1) is 7.81. The maximum absolute atomic E-state index is 13.2. The van der Waals surface area contributed by atoms with Crippen LogP contribution in [-0.4, -0.2) is 17.2 Å². The zero-order chi connectivity index (χ0) is 13.1. The number of β-amino-alcohol motifs (C(OH)–C–C–N with tert-alkyl or cyclic N) is 1. The average Bonchev–Trinajstić information content (AvgIpc) is 2.23. The van der Waals surface area contributed by atoms with E-state index in [1.807, 2.05) is 26.8 Å². The minimum atomic E-state index is -0.822. The van der Waals surface area contributed by atoms with Crippen molar-refractivity contribution in [2.24, 2.45) is 0 Å². The number of aliphatic hydroxyl groups excluding tert-OH is 1. The lowest BCUT2D eigenvalue weighted by Crippen LogP contribution is -2.38. The first-order valence-electron chi connectivity index (χ1n) is 5.45. The van der Waals surface area contributed by atoms with Crippen LogP contribution in [0.25, 0.3) is 0 Å². The highest BCUT2D eigenvalue weighted by molar-refractivity contribution is 5.34. The molecule has 1 atom stereocenters. The molecule has 2 N–H and O–H groups in total. The molecule has 0 fully saturated rings. The molecular weight excluding hydrogens is 219 g/mol. The van der Waals surface area contributed by atoms with E-state index in [2.05, 4.69) is 5.32 Å². The largest absolute Gasteiger partial charge is 0.387 e. The number of aliphatic hydroxyl groups is 1. The summed E-state index contributed by atoms with van der Waals surface area (Å²) in [4.78, 5) is 0. The highest BCUT2D eigenvalue weighted by atomic mass is 19.1. The van der Waals surface area contributed by atoms with Crippen LogP contribution in [0.15, 0.2) is 18.2 Å². The first kappa shape index (κ1) is 13.6. The highest BCUT2D eigenvalue weighted by Crippen LogP contribution is 2.16. The molecule has 0 bridgehead atoms. The van der Waals surface area contributed by atoms with Crippen molar-refractivity contribution in [1.82, 2.24) is 5.32 Å². The highest BCUT2D eigenvalue weighted by Gasteiger charge is 2.14. The van der Waals surface area contributed by atoms with Gasteiger partial charge in [-0.2, -0.15) is 5.26 Å². The van der Waals surface area contributed by atoms with Gasteiger partial charge < -0.3 is 10.4 Å². The number of nitrogens with one attached hydrogen (secondary N) is 1. The predicted octanol–water partition coefficient (Wildman–Crippen LogP) is 2.12. The van der Waals surface area contributed by atoms with Gasteiger partial charge >= 0.3 is 0 Å². The SMILES string of the molecule is CC(C)(C)NCC(O)c1cc(F)cc(C#N)c1. The van der Waals surface area contributed by atoms with E-state index in [1.54, 1.807) is 0 Å². The average molecular weight is 236 g/mol. The van der Waals surface area contributed by atoms with Gasteiger partial charge in [0, 0.05) is 12.1 Å². The Kier molecular flexibility index (Phi) is 4.22. The number of benzene rings is 1. The van der Waals surface area contributed by atoms with Gasteiger partial charge in [-0.05, 0) is 44.5 Å². The molecule has 1 aromatic carbocycles. The third kappa shape index (κ3) is 4.51. The van der Waals surface area contributed by atoms with Gasteiger partial charge in [-0.15, -0.1) is 0 Å². The summed E-state index contributed by atoms with van der Waals surface area (Å²) < 4.78 is 13.2. The van der Waals surface area contributed by atoms with Crippen LogP contribution in [0.5, 0.6) is 0 Å². The molecule has 92 valence electrons. The summed E-state index contributed by atoms with van der Waals surface area (Å²) >= 11 is 0. The number of nitriles is 1. The monoisotopic (exact) mass is 236 g/mol. The smallest absolute Gasteiger partial charge is 0.124 e. The summed E-state index contributed by atoms with van der Waals surface area (Å²) in [5.41, 5.74) is 0.514. The van der Waals surface area contributed by atoms with Gasteiger partial charge in [-0.1, -0.05) is 0 Å². The summed E-state index contributed by atoms with van der Waals surface area (Å²) in [6, 6.07) is 5.75. The van der Waals surface area contributed by atoms with Crippen LogP contribution in [0.4, 0.5) is 4.39 Å². The Balaban J connectivity index is 2.79. The number of rotatable bonds is 3. The molecule has 0 aliphatic rings. The molecule has 0 saturated heterocycles. The third-order valence-electron chi connectivity index (χ3n) is 2.26. The number of hydrogen-bond donors (Lipinski definition) is 2. The van der Waals surface area contributed by atoms with E-state index in [9.17, 15) is 9.50 Å². The van der Waals surface area contributed by atoms with E-state index in [0.29, 0.717) is 12.1 Å². The second-order valence-corrected chi connectivity index (χ2v) is 5.03. The fourth-order valence-electron chi connectivity index (χ4n) is 1.39. The van der Waals surface area contributed by atoms with E-state index >= 15 is 0 Å². The molecule has 0 radical (unpaired) electrons. The number of hydrogen-bond acceptors (Lipinski definition) is 3. The maximum Gasteiger partial charge on any atom is 0.124 e. The minimum absolute atomic E-state index is 0.119. The number of nitrogens with zero attached hydrogens (tertiary/aromatic N) is 1. The fourth-order valence-corrected chi connectivity index (χ4v) is 1.39. The maximum atomic E-state index is 13.2. The van der Waals surface area contributed by atoms with Crippen molar-refractivity contribution in [3.63, 3.8) is 0 Å². The Morgan fingerprint density at radius 2 is 2.06 bits per heavy atom. The zero-order valence-electron chi connectivity index (χ0n) is 10.3. The Morgan fingerprint density at radius 3 is 2.59 bits per heavy atom. The van der Waals surface area contributed by atoms with Gasteiger partial charge in [-0.3, -0.25) is 0 Å². The van der Waals surface area contributed by atoms with Gasteiger partial charge in [0.2, 0.25) is 0 Å². The lowest BCUT2D eigenvalue weighted by atomic mass is 10.0. The minimum Gasteiger partial charge on any atom is -0.387 e. The Bertz CT molecular complexity index is 432. The molecule has 0 aromatic heterocycles. The zero-order valence-corrected chi connectivity index (χ0v) is 10.3. The Morgan fingerprint density at radius 1 is 1.41 bits per heavy atom. The summed E-state index contributed by atoms with van der Waals surface area (Å²) in [5.74, 6) is -0.506. The van der Waals surface area contributed by atoms with Crippen molar-refractivity contribution in [1.29, 1.82) is 5.26 Å². The topological polar surface area (TPSA) is 56.0 Å². The van der Waals surface area contributed by atoms with Gasteiger partial charge in [0.05, 0.1) is 17.7 Å². The van der Waals surface area contributed by atoms with Crippen molar-refractivity contribution >= 4 is 0 Å². The van der Waals surface area contributed by atoms with Crippen molar-refractivity contribution in [2.45, 2.75) is 32.4 Å². The Labute approximate surface area is 101 Å². The molecule has 0 heterocycles. The quantitative estimate of drug-likeness (QED) is 0.845. The summed E-state index contributed by atoms with van der Waals surface area (Å²) in [6.07, 6.45) is -0.822. The summed E-state index contributed by atoms with van der Waals surface area (Å²) in [5, 5.41) is 21.7. The van der Waals surface area contributed by atoms with Crippen LogP contribution in [0.2, 0.25) is 0 Å². The molecule has 0 aliphatic carbocycles. The van der Waals surface area contributed by atoms with Crippen molar-refractivity contribution in [3.8, 4) is 6.07 Å². The lowest BCUT2D eigenvalue weighted by molar-refractivity contribution is 0.163. The van der Waals surface area contributed by atoms with Crippen LogP contribution in [-0.2, 0) is 0 Å². The predicted molar refractivity (Wildman–Crippen MR) is 63.8 cm³/mol. The normalized spacial score (nSPS) is 13.2. The molecule has 3 nitrogen and oxygen atoms in total. The van der Waals surface area contributed by atoms with Crippen molar-refractivity contribution in [2.75, 3.05) is 6.54 Å². The Hall–Kier alpha value is -1.44. The molecule has 4 heteroatoms. The second kappa shape index (κ2) is 5.26. The van der Waals surface area contributed by atoms with Crippen molar-refractivity contribution < 1.29 is 9.50 Å². The molecule has 0 aliphatic heterocycles. The molecular formula is C13H17FN2O. The van der Waals surface area contributed by atoms with E-state index < -0.39 is 11.9 Å². The first-order valence-corrected chi connectivity index (χ1v) is 5.45. The molecule has 0 saturated carbocycles. The fraction of sp³-hybridized carbons (Fsp3) is 0.462. The number of halogens is 1. The van der Waals surface area contributed by atoms with E-state index in [4.69, 9.17) is 5.26 Å². The molecule has 1 rings (SSSR count). The molecule has 17 heavy (non-hydrogen) atoms. The van der Waals surface area contributed by atoms with Crippen LogP contribution in [0, 0.1) is 17.1 Å². The van der Waals surface area contributed by atoms with E-state index in [1.165, 1.54) is 12.1 Å². The van der Waals surface area contributed by atoms with E-state index in [0.717, 1.165) is 6.07 Å². The molecule has 1 unspecified atom stereocenters. The molecule has 0 spiro atoms. The van der Waals surface area contributed by atoms with Gasteiger partial charge in [0.15, 0.2) is 0 Å². The van der Waals surface area contributed by atoms with Gasteiger partial charge in [0.25, 0.3) is 0 Å². The molecule has 1 aromatic rings. The van der Waals surface area contributed by atoms with E-state index in [-0.39, 0.29) is 11.1 Å². The van der Waals surface area contributed by atoms with Gasteiger partial charge in [0.1, 0.15) is 5.82 Å². The standard InChI is InChI=1S/C13H17FN2O/c1-13(2,3)16-8-12(17)10-4-9(7-15)5-11(14)6-10/h4-6,12,16-17H,8H2,1-3H3. The summed E-state index contributed by atoms with van der Waals surface area (Å²) in [7, 11) is 0.